The molecular weight excluding hydrogens is 477 g/mol. The summed E-state index contributed by atoms with van der Waals surface area (Å²) in [7, 11) is -2.46. The second-order valence-corrected chi connectivity index (χ2v) is 10.5. The minimum absolute atomic E-state index is 0.0247. The third-order valence-corrected chi connectivity index (χ3v) is 7.91. The smallest absolute Gasteiger partial charge is 0.265 e. The number of rotatable bonds is 6. The van der Waals surface area contributed by atoms with Gasteiger partial charge < -0.3 is 10.6 Å². The first-order chi connectivity index (χ1) is 16.1. The number of anilines is 3. The molecule has 0 spiro atoms. The Labute approximate surface area is 199 Å². The van der Waals surface area contributed by atoms with E-state index in [9.17, 15) is 22.4 Å². The van der Waals surface area contributed by atoms with Gasteiger partial charge >= 0.3 is 0 Å². The zero-order valence-corrected chi connectivity index (χ0v) is 19.8. The van der Waals surface area contributed by atoms with Crippen molar-refractivity contribution in [3.8, 4) is 0 Å². The molecule has 3 aromatic carbocycles. The highest BCUT2D eigenvalue weighted by Crippen LogP contribution is 2.31. The lowest BCUT2D eigenvalue weighted by Crippen LogP contribution is -2.26. The molecule has 1 heterocycles. The van der Waals surface area contributed by atoms with E-state index in [0.29, 0.717) is 27.3 Å². The molecular formula is C24H20FN3O4S2. The van der Waals surface area contributed by atoms with Gasteiger partial charge in [-0.05, 0) is 72.1 Å². The monoisotopic (exact) mass is 497 g/mol. The molecule has 0 aliphatic rings. The molecule has 0 atom stereocenters. The molecule has 2 N–H and O–H groups in total. The first-order valence-electron chi connectivity index (χ1n) is 10.1. The van der Waals surface area contributed by atoms with Crippen molar-refractivity contribution < 1.29 is 22.4 Å². The van der Waals surface area contributed by atoms with Gasteiger partial charge in [-0.3, -0.25) is 13.9 Å². The van der Waals surface area contributed by atoms with Crippen molar-refractivity contribution in [2.75, 3.05) is 22.0 Å². The third kappa shape index (κ3) is 4.92. The van der Waals surface area contributed by atoms with E-state index in [-0.39, 0.29) is 16.7 Å². The molecule has 34 heavy (non-hydrogen) atoms. The first-order valence-corrected chi connectivity index (χ1v) is 12.4. The molecule has 0 bridgehead atoms. The van der Waals surface area contributed by atoms with Crippen molar-refractivity contribution in [3.63, 3.8) is 0 Å². The molecule has 0 aliphatic heterocycles. The summed E-state index contributed by atoms with van der Waals surface area (Å²) in [6.07, 6.45) is 0. The number of sulfonamides is 1. The lowest BCUT2D eigenvalue weighted by atomic mass is 10.2. The van der Waals surface area contributed by atoms with E-state index in [2.05, 4.69) is 10.6 Å². The Bertz CT molecular complexity index is 1500. The number of amides is 2. The van der Waals surface area contributed by atoms with Gasteiger partial charge in [0.25, 0.3) is 15.9 Å². The SMILES string of the molecule is CC(=O)Nc1cccc(NC(=O)c2cc3cc(N(C)S(=O)(=O)c4ccc(F)cc4)ccc3s2)c1. The van der Waals surface area contributed by atoms with Crippen LogP contribution in [0.1, 0.15) is 16.6 Å². The standard InChI is InChI=1S/C24H20FN3O4S2/c1-15(29)26-18-4-3-5-19(14-18)27-24(30)23-13-16-12-20(8-11-22(16)33-23)28(2)34(31,32)21-9-6-17(25)7-10-21/h3-14H,1-2H3,(H,26,29)(H,27,30). The van der Waals surface area contributed by atoms with Crippen molar-refractivity contribution in [1.29, 1.82) is 0 Å². The number of benzene rings is 3. The summed E-state index contributed by atoms with van der Waals surface area (Å²) in [5.74, 6) is -1.06. The molecule has 2 amide bonds. The van der Waals surface area contributed by atoms with Gasteiger partial charge in [0.2, 0.25) is 5.91 Å². The summed E-state index contributed by atoms with van der Waals surface area (Å²) >= 11 is 1.27. The van der Waals surface area contributed by atoms with E-state index < -0.39 is 15.8 Å². The molecule has 7 nitrogen and oxygen atoms in total. The normalized spacial score (nSPS) is 11.3. The topological polar surface area (TPSA) is 95.6 Å². The maximum absolute atomic E-state index is 13.2. The number of hydrogen-bond acceptors (Lipinski definition) is 5. The second-order valence-electron chi connectivity index (χ2n) is 7.48. The largest absolute Gasteiger partial charge is 0.326 e. The van der Waals surface area contributed by atoms with Crippen LogP contribution in [0, 0.1) is 5.82 Å². The van der Waals surface area contributed by atoms with Gasteiger partial charge in [0.05, 0.1) is 15.5 Å². The zero-order chi connectivity index (χ0) is 24.5. The number of nitrogens with one attached hydrogen (secondary N) is 2. The van der Waals surface area contributed by atoms with Gasteiger partial charge in [0.15, 0.2) is 0 Å². The van der Waals surface area contributed by atoms with Gasteiger partial charge in [0.1, 0.15) is 5.82 Å². The number of carbonyl (C=O) groups excluding carboxylic acids is 2. The number of carbonyl (C=O) groups is 2. The van der Waals surface area contributed by atoms with E-state index in [4.69, 9.17) is 0 Å². The average molecular weight is 498 g/mol. The van der Waals surface area contributed by atoms with E-state index in [1.165, 1.54) is 37.4 Å². The number of fused-ring (bicyclic) bond motifs is 1. The third-order valence-electron chi connectivity index (χ3n) is 5.00. The number of hydrogen-bond donors (Lipinski definition) is 2. The summed E-state index contributed by atoms with van der Waals surface area (Å²) in [6, 6.07) is 18.2. The maximum Gasteiger partial charge on any atom is 0.265 e. The molecule has 0 saturated carbocycles. The Kier molecular flexibility index (Phi) is 6.36. The van der Waals surface area contributed by atoms with Crippen molar-refractivity contribution in [1.82, 2.24) is 0 Å². The predicted molar refractivity (Wildman–Crippen MR) is 133 cm³/mol. The minimum atomic E-state index is -3.88. The summed E-state index contributed by atoms with van der Waals surface area (Å²) < 4.78 is 40.9. The van der Waals surface area contributed by atoms with Crippen molar-refractivity contribution in [2.45, 2.75) is 11.8 Å². The molecule has 0 fully saturated rings. The van der Waals surface area contributed by atoms with Crippen molar-refractivity contribution in [3.05, 3.63) is 83.5 Å². The fraction of sp³-hybridized carbons (Fsp3) is 0.0833. The Balaban J connectivity index is 1.57. The van der Waals surface area contributed by atoms with Crippen LogP contribution in [0.5, 0.6) is 0 Å². The van der Waals surface area contributed by atoms with Gasteiger partial charge in [-0.25, -0.2) is 12.8 Å². The highest BCUT2D eigenvalue weighted by atomic mass is 32.2. The Morgan fingerprint density at radius 2 is 1.59 bits per heavy atom. The van der Waals surface area contributed by atoms with Gasteiger partial charge in [-0.2, -0.15) is 0 Å². The van der Waals surface area contributed by atoms with E-state index in [0.717, 1.165) is 21.1 Å². The lowest BCUT2D eigenvalue weighted by molar-refractivity contribution is -0.114. The van der Waals surface area contributed by atoms with Crippen LogP contribution in [-0.2, 0) is 14.8 Å². The van der Waals surface area contributed by atoms with Crippen molar-refractivity contribution >= 4 is 60.3 Å². The van der Waals surface area contributed by atoms with Gasteiger partial charge in [0, 0.05) is 30.0 Å². The average Bonchev–Trinajstić information content (AvgIpc) is 3.22. The summed E-state index contributed by atoms with van der Waals surface area (Å²) in [6.45, 7) is 1.40. The van der Waals surface area contributed by atoms with Crippen LogP contribution in [0.25, 0.3) is 10.1 Å². The van der Waals surface area contributed by atoms with E-state index >= 15 is 0 Å². The summed E-state index contributed by atoms with van der Waals surface area (Å²) in [5.41, 5.74) is 1.50. The molecule has 0 aliphatic carbocycles. The zero-order valence-electron chi connectivity index (χ0n) is 18.2. The highest BCUT2D eigenvalue weighted by Gasteiger charge is 2.22. The fourth-order valence-electron chi connectivity index (χ4n) is 3.31. The molecule has 4 aromatic rings. The molecule has 0 radical (unpaired) electrons. The lowest BCUT2D eigenvalue weighted by Gasteiger charge is -2.19. The quantitative estimate of drug-likeness (QED) is 0.389. The highest BCUT2D eigenvalue weighted by molar-refractivity contribution is 7.92. The number of thiophene rings is 1. The number of nitrogens with zero attached hydrogens (tertiary/aromatic N) is 1. The summed E-state index contributed by atoms with van der Waals surface area (Å²) in [5, 5.41) is 6.18. The number of halogens is 1. The molecule has 1 aromatic heterocycles. The molecule has 10 heteroatoms. The van der Waals surface area contributed by atoms with Crippen LogP contribution in [0.3, 0.4) is 0 Å². The van der Waals surface area contributed by atoms with Gasteiger partial charge in [-0.15, -0.1) is 11.3 Å². The maximum atomic E-state index is 13.2. The molecule has 0 unspecified atom stereocenters. The fourth-order valence-corrected chi connectivity index (χ4v) is 5.44. The minimum Gasteiger partial charge on any atom is -0.326 e. The Morgan fingerprint density at radius 1 is 0.912 bits per heavy atom. The van der Waals surface area contributed by atoms with Crippen LogP contribution in [0.4, 0.5) is 21.5 Å². The van der Waals surface area contributed by atoms with E-state index in [1.54, 1.807) is 48.5 Å². The van der Waals surface area contributed by atoms with Crippen LogP contribution in [0.2, 0.25) is 0 Å². The predicted octanol–water partition coefficient (Wildman–Crippen LogP) is 5.08. The Hall–Kier alpha value is -3.76. The first kappa shape index (κ1) is 23.4. The molecule has 174 valence electrons. The second kappa shape index (κ2) is 9.24. The summed E-state index contributed by atoms with van der Waals surface area (Å²) in [4.78, 5) is 24.4. The van der Waals surface area contributed by atoms with Crippen LogP contribution < -0.4 is 14.9 Å². The van der Waals surface area contributed by atoms with Crippen LogP contribution in [0.15, 0.2) is 77.7 Å². The van der Waals surface area contributed by atoms with Crippen LogP contribution in [-0.4, -0.2) is 27.3 Å². The Morgan fingerprint density at radius 3 is 2.26 bits per heavy atom. The van der Waals surface area contributed by atoms with E-state index in [1.807, 2.05) is 0 Å². The van der Waals surface area contributed by atoms with Crippen molar-refractivity contribution in [2.24, 2.45) is 0 Å². The van der Waals surface area contributed by atoms with Gasteiger partial charge in [-0.1, -0.05) is 6.07 Å². The molecule has 0 saturated heterocycles. The molecule has 4 rings (SSSR count). The van der Waals surface area contributed by atoms with Crippen LogP contribution >= 0.6 is 11.3 Å².